The minimum absolute atomic E-state index is 0.553. The smallest absolute Gasteiger partial charge is 0.0112 e. The first kappa shape index (κ1) is 8.92. The predicted molar refractivity (Wildman–Crippen MR) is 40.3 cm³/mol. The normalized spacial score (nSPS) is 11.3. The Balaban J connectivity index is 3.16. The van der Waals surface area contributed by atoms with Crippen LogP contribution >= 0.6 is 0 Å². The summed E-state index contributed by atoms with van der Waals surface area (Å²) in [5.74, 6) is 0. The zero-order valence-corrected chi connectivity index (χ0v) is 6.65. The van der Waals surface area contributed by atoms with E-state index in [0.29, 0.717) is 12.6 Å². The third kappa shape index (κ3) is 4.43. The molecule has 0 spiro atoms. The summed E-state index contributed by atoms with van der Waals surface area (Å²) in [6, 6.07) is 0.622. The molecule has 0 unspecified atom stereocenters. The van der Waals surface area contributed by atoms with E-state index in [2.05, 4.69) is 25.8 Å². The van der Waals surface area contributed by atoms with Crippen LogP contribution in [0.25, 0.3) is 0 Å². The van der Waals surface area contributed by atoms with Gasteiger partial charge in [0.05, 0.1) is 0 Å². The Bertz CT molecular complexity index is 61.9. The minimum Gasteiger partial charge on any atom is -0.304 e. The molecule has 1 N–H and O–H groups in total. The molecule has 0 saturated carbocycles. The van der Waals surface area contributed by atoms with Crippen molar-refractivity contribution in [3.05, 3.63) is 0 Å². The van der Waals surface area contributed by atoms with Crippen LogP contribution in [0, 0.1) is 0 Å². The summed E-state index contributed by atoms with van der Waals surface area (Å²) in [4.78, 5) is 2.26. The van der Waals surface area contributed by atoms with Gasteiger partial charge >= 0.3 is 0 Å². The van der Waals surface area contributed by atoms with Gasteiger partial charge in [-0.15, -0.1) is 0 Å². The standard InChI is InChI=1S/C7H17N2/c1-7(2)9(3)6-4-5-8/h7-8H,4-6H2,1-3H3. The highest BCUT2D eigenvalue weighted by atomic mass is 15.1. The Morgan fingerprint density at radius 3 is 2.33 bits per heavy atom. The van der Waals surface area contributed by atoms with E-state index in [9.17, 15) is 0 Å². The van der Waals surface area contributed by atoms with E-state index >= 15 is 0 Å². The van der Waals surface area contributed by atoms with Gasteiger partial charge in [0.1, 0.15) is 0 Å². The quantitative estimate of drug-likeness (QED) is 0.556. The topological polar surface area (TPSA) is 27.0 Å². The molecule has 0 amide bonds. The van der Waals surface area contributed by atoms with Crippen LogP contribution in [0.2, 0.25) is 0 Å². The van der Waals surface area contributed by atoms with Gasteiger partial charge in [-0.25, -0.2) is 0 Å². The molecule has 2 heteroatoms. The fourth-order valence-corrected chi connectivity index (χ4v) is 0.587. The van der Waals surface area contributed by atoms with Crippen LogP contribution in [0.4, 0.5) is 0 Å². The van der Waals surface area contributed by atoms with Crippen molar-refractivity contribution >= 4 is 0 Å². The van der Waals surface area contributed by atoms with E-state index < -0.39 is 0 Å². The molecule has 0 aliphatic heterocycles. The maximum Gasteiger partial charge on any atom is 0.0112 e. The monoisotopic (exact) mass is 129 g/mol. The van der Waals surface area contributed by atoms with E-state index in [4.69, 9.17) is 5.73 Å². The SMILES string of the molecule is CC(C)N(C)CCC[NH]. The van der Waals surface area contributed by atoms with Crippen molar-refractivity contribution in [1.29, 1.82) is 0 Å². The lowest BCUT2D eigenvalue weighted by atomic mass is 10.3. The van der Waals surface area contributed by atoms with Crippen LogP contribution in [0.5, 0.6) is 0 Å². The van der Waals surface area contributed by atoms with Crippen molar-refractivity contribution in [2.75, 3.05) is 20.1 Å². The zero-order chi connectivity index (χ0) is 7.28. The molecule has 2 nitrogen and oxygen atoms in total. The molecule has 0 saturated heterocycles. The first-order valence-corrected chi connectivity index (χ1v) is 3.53. The van der Waals surface area contributed by atoms with Crippen LogP contribution in [0.15, 0.2) is 0 Å². The van der Waals surface area contributed by atoms with Gasteiger partial charge in [0.15, 0.2) is 0 Å². The largest absolute Gasteiger partial charge is 0.304 e. The fraction of sp³-hybridized carbons (Fsp3) is 1.00. The summed E-state index contributed by atoms with van der Waals surface area (Å²) >= 11 is 0. The van der Waals surface area contributed by atoms with E-state index in [-0.39, 0.29) is 0 Å². The van der Waals surface area contributed by atoms with Gasteiger partial charge in [-0.1, -0.05) is 0 Å². The number of nitrogens with zero attached hydrogens (tertiary/aromatic N) is 1. The second-order valence-corrected chi connectivity index (χ2v) is 2.68. The Morgan fingerprint density at radius 1 is 1.44 bits per heavy atom. The van der Waals surface area contributed by atoms with Crippen molar-refractivity contribution in [2.45, 2.75) is 26.3 Å². The second kappa shape index (κ2) is 4.77. The van der Waals surface area contributed by atoms with Crippen LogP contribution in [0.3, 0.4) is 0 Å². The first-order chi connectivity index (χ1) is 4.18. The molecule has 0 aliphatic rings. The number of hydrogen-bond donors (Lipinski definition) is 0. The summed E-state index contributed by atoms with van der Waals surface area (Å²) in [7, 11) is 2.10. The van der Waals surface area contributed by atoms with Crippen LogP contribution in [-0.4, -0.2) is 31.1 Å². The molecule has 0 aliphatic carbocycles. The lowest BCUT2D eigenvalue weighted by molar-refractivity contribution is 0.272. The van der Waals surface area contributed by atoms with Crippen LogP contribution < -0.4 is 5.73 Å². The van der Waals surface area contributed by atoms with Crippen molar-refractivity contribution in [2.24, 2.45) is 0 Å². The highest BCUT2D eigenvalue weighted by molar-refractivity contribution is 4.55. The van der Waals surface area contributed by atoms with Crippen molar-refractivity contribution < 1.29 is 0 Å². The lowest BCUT2D eigenvalue weighted by Crippen LogP contribution is -2.27. The minimum atomic E-state index is 0.553. The van der Waals surface area contributed by atoms with E-state index in [1.54, 1.807) is 0 Å². The molecule has 0 aromatic heterocycles. The highest BCUT2D eigenvalue weighted by Gasteiger charge is 1.99. The van der Waals surface area contributed by atoms with Gasteiger partial charge in [0.2, 0.25) is 0 Å². The molecule has 0 rings (SSSR count). The molecular formula is C7H17N2. The Hall–Kier alpha value is -0.0800. The third-order valence-electron chi connectivity index (χ3n) is 1.57. The Morgan fingerprint density at radius 2 is 2.00 bits per heavy atom. The van der Waals surface area contributed by atoms with E-state index in [1.807, 2.05) is 0 Å². The number of rotatable bonds is 4. The summed E-state index contributed by atoms with van der Waals surface area (Å²) < 4.78 is 0. The van der Waals surface area contributed by atoms with Crippen LogP contribution in [-0.2, 0) is 0 Å². The summed E-state index contributed by atoms with van der Waals surface area (Å²) in [5, 5.41) is 0. The van der Waals surface area contributed by atoms with Gasteiger partial charge in [-0.2, -0.15) is 0 Å². The Kier molecular flexibility index (Phi) is 4.72. The van der Waals surface area contributed by atoms with Crippen LogP contribution in [0.1, 0.15) is 20.3 Å². The first-order valence-electron chi connectivity index (χ1n) is 3.53. The molecule has 0 fully saturated rings. The van der Waals surface area contributed by atoms with Gasteiger partial charge in [0, 0.05) is 12.6 Å². The van der Waals surface area contributed by atoms with Gasteiger partial charge in [-0.3, -0.25) is 5.73 Å². The van der Waals surface area contributed by atoms with E-state index in [1.165, 1.54) is 0 Å². The second-order valence-electron chi connectivity index (χ2n) is 2.68. The lowest BCUT2D eigenvalue weighted by Gasteiger charge is -2.19. The predicted octanol–water partition coefficient (Wildman–Crippen LogP) is 1.000. The summed E-state index contributed by atoms with van der Waals surface area (Å²) in [6.45, 7) is 5.95. The third-order valence-corrected chi connectivity index (χ3v) is 1.57. The molecule has 0 bridgehead atoms. The molecule has 0 aromatic rings. The van der Waals surface area contributed by atoms with Crippen molar-refractivity contribution in [1.82, 2.24) is 10.6 Å². The molecule has 0 atom stereocenters. The van der Waals surface area contributed by atoms with Gasteiger partial charge in [-0.05, 0) is 33.9 Å². The molecule has 0 aromatic carbocycles. The Labute approximate surface area is 58.0 Å². The van der Waals surface area contributed by atoms with Crippen molar-refractivity contribution in [3.63, 3.8) is 0 Å². The molecule has 0 heterocycles. The zero-order valence-electron chi connectivity index (χ0n) is 6.65. The maximum absolute atomic E-state index is 6.91. The van der Waals surface area contributed by atoms with E-state index in [0.717, 1.165) is 13.0 Å². The fourth-order valence-electron chi connectivity index (χ4n) is 0.587. The van der Waals surface area contributed by atoms with Crippen molar-refractivity contribution in [3.8, 4) is 0 Å². The maximum atomic E-state index is 6.91. The van der Waals surface area contributed by atoms with Gasteiger partial charge < -0.3 is 4.90 Å². The molecule has 9 heavy (non-hydrogen) atoms. The number of nitrogens with one attached hydrogen (secondary N) is 1. The summed E-state index contributed by atoms with van der Waals surface area (Å²) in [5.41, 5.74) is 6.91. The molecular weight excluding hydrogens is 112 g/mol. The average molecular weight is 129 g/mol. The van der Waals surface area contributed by atoms with Gasteiger partial charge in [0.25, 0.3) is 0 Å². The molecule has 1 radical (unpaired) electrons. The highest BCUT2D eigenvalue weighted by Crippen LogP contribution is 1.93. The average Bonchev–Trinajstić information content (AvgIpc) is 1.82. The number of hydrogen-bond acceptors (Lipinski definition) is 1. The summed E-state index contributed by atoms with van der Waals surface area (Å²) in [6.07, 6.45) is 0.995. The molecule has 55 valence electrons.